The summed E-state index contributed by atoms with van der Waals surface area (Å²) in [4.78, 5) is 33.9. The normalized spacial score (nSPS) is 14.0. The summed E-state index contributed by atoms with van der Waals surface area (Å²) in [5.74, 6) is -0.123. The van der Waals surface area contributed by atoms with E-state index in [1.165, 1.54) is 19.3 Å². The average molecular weight is 606 g/mol. The van der Waals surface area contributed by atoms with Crippen LogP contribution in [0.1, 0.15) is 69.3 Å². The summed E-state index contributed by atoms with van der Waals surface area (Å²) < 4.78 is 7.68. The lowest BCUT2D eigenvalue weighted by molar-refractivity contribution is 0.0529. The van der Waals surface area contributed by atoms with Gasteiger partial charge in [-0.3, -0.25) is 0 Å². The van der Waals surface area contributed by atoms with E-state index in [4.69, 9.17) is 14.7 Å². The van der Waals surface area contributed by atoms with Crippen LogP contribution in [0.3, 0.4) is 0 Å². The van der Waals surface area contributed by atoms with Crippen LogP contribution in [0.5, 0.6) is 0 Å². The molecule has 2 heterocycles. The molecule has 1 fully saturated rings. The molecular formula is C36H39N5O4. The highest BCUT2D eigenvalue weighted by molar-refractivity contribution is 5.95. The summed E-state index contributed by atoms with van der Waals surface area (Å²) in [5, 5.41) is 16.8. The number of hydrogen-bond donors (Lipinski definition) is 3. The van der Waals surface area contributed by atoms with Crippen molar-refractivity contribution in [2.24, 2.45) is 0 Å². The molecule has 232 valence electrons. The number of carboxylic acids is 1. The molecule has 0 unspecified atom stereocenters. The Morgan fingerprint density at radius 2 is 1.67 bits per heavy atom. The number of hydrogen-bond acceptors (Lipinski definition) is 6. The third-order valence-electron chi connectivity index (χ3n) is 8.11. The third kappa shape index (κ3) is 6.77. The topological polar surface area (TPSA) is 118 Å². The Morgan fingerprint density at radius 3 is 2.40 bits per heavy atom. The minimum atomic E-state index is -0.960. The van der Waals surface area contributed by atoms with Gasteiger partial charge in [-0.2, -0.15) is 0 Å². The van der Waals surface area contributed by atoms with Crippen LogP contribution in [0, 0.1) is 0 Å². The van der Waals surface area contributed by atoms with Crippen LogP contribution in [0.4, 0.5) is 10.5 Å². The number of ether oxygens (including phenoxy) is 1. The first-order chi connectivity index (χ1) is 21.7. The van der Waals surface area contributed by atoms with Gasteiger partial charge >= 0.3 is 12.1 Å². The van der Waals surface area contributed by atoms with Crippen LogP contribution < -0.4 is 10.6 Å². The van der Waals surface area contributed by atoms with Gasteiger partial charge in [-0.15, -0.1) is 0 Å². The number of rotatable bonds is 8. The molecule has 3 N–H and O–H groups in total. The number of imidazole rings is 1. The monoisotopic (exact) mass is 605 g/mol. The van der Waals surface area contributed by atoms with Gasteiger partial charge in [0.15, 0.2) is 0 Å². The molecule has 1 aliphatic rings. The highest BCUT2D eigenvalue weighted by Gasteiger charge is 2.23. The number of alkyl carbamates (subject to hydrolysis) is 1. The maximum atomic E-state index is 12.2. The smallest absolute Gasteiger partial charge is 0.407 e. The average Bonchev–Trinajstić information content (AvgIpc) is 3.41. The number of nitrogens with zero attached hydrogens (tertiary/aromatic N) is 3. The van der Waals surface area contributed by atoms with E-state index in [1.54, 1.807) is 12.1 Å². The Morgan fingerprint density at radius 1 is 0.889 bits per heavy atom. The van der Waals surface area contributed by atoms with Gasteiger partial charge in [0.25, 0.3) is 0 Å². The second-order valence-corrected chi connectivity index (χ2v) is 12.6. The summed E-state index contributed by atoms with van der Waals surface area (Å²) >= 11 is 0. The molecular weight excluding hydrogens is 566 g/mol. The van der Waals surface area contributed by atoms with Gasteiger partial charge in [0.05, 0.1) is 33.5 Å². The molecule has 0 radical (unpaired) electrons. The fourth-order valence-corrected chi connectivity index (χ4v) is 6.09. The van der Waals surface area contributed by atoms with Gasteiger partial charge in [-0.1, -0.05) is 49.6 Å². The zero-order valence-electron chi connectivity index (χ0n) is 26.0. The summed E-state index contributed by atoms with van der Waals surface area (Å²) in [7, 11) is 0. The van der Waals surface area contributed by atoms with Crippen LogP contribution in [0.15, 0.2) is 72.8 Å². The predicted octanol–water partition coefficient (Wildman–Crippen LogP) is 8.06. The van der Waals surface area contributed by atoms with Crippen LogP contribution in [0.2, 0.25) is 0 Å². The molecule has 9 nitrogen and oxygen atoms in total. The van der Waals surface area contributed by atoms with Gasteiger partial charge in [0.2, 0.25) is 0 Å². The largest absolute Gasteiger partial charge is 0.478 e. The third-order valence-corrected chi connectivity index (χ3v) is 8.11. The van der Waals surface area contributed by atoms with Gasteiger partial charge < -0.3 is 25.0 Å². The molecule has 45 heavy (non-hydrogen) atoms. The number of nitrogens with one attached hydrogen (secondary N) is 2. The highest BCUT2D eigenvalue weighted by atomic mass is 16.6. The van der Waals surface area contributed by atoms with Crippen LogP contribution in [-0.2, 0) is 4.74 Å². The number of benzene rings is 3. The Hall–Kier alpha value is -4.92. The highest BCUT2D eigenvalue weighted by Crippen LogP contribution is 2.38. The van der Waals surface area contributed by atoms with Gasteiger partial charge in [-0.05, 0) is 76.1 Å². The van der Waals surface area contributed by atoms with Gasteiger partial charge in [0.1, 0.15) is 11.4 Å². The SMILES string of the molecule is CC(C)(C)OC(=O)NCCNc1cc2cc(-c3nc4cc(C(=O)O)ccc4n3C3CCCCC3)ccc2nc1-c1ccccc1. The summed E-state index contributed by atoms with van der Waals surface area (Å²) in [6.45, 7) is 6.37. The van der Waals surface area contributed by atoms with Crippen molar-refractivity contribution in [2.75, 3.05) is 18.4 Å². The number of amides is 1. The van der Waals surface area contributed by atoms with Crippen LogP contribution in [-0.4, -0.2) is 50.4 Å². The Labute approximate surface area is 262 Å². The second kappa shape index (κ2) is 12.6. The van der Waals surface area contributed by atoms with E-state index in [0.717, 1.165) is 57.6 Å². The van der Waals surface area contributed by atoms with E-state index in [2.05, 4.69) is 33.4 Å². The quantitative estimate of drug-likeness (QED) is 0.153. The first-order valence-electron chi connectivity index (χ1n) is 15.6. The lowest BCUT2D eigenvalue weighted by atomic mass is 9.94. The Kier molecular flexibility index (Phi) is 8.43. The standard InChI is InChI=1S/C36H39N5O4/c1-36(2,3)45-35(44)38-19-18-37-30-22-26-20-24(14-16-28(26)39-32(30)23-10-6-4-7-11-23)33-40-29-21-25(34(42)43)15-17-31(29)41(33)27-12-8-5-9-13-27/h4,6-7,10-11,14-17,20-22,27,37H,5,8-9,12-13,18-19H2,1-3H3,(H,38,44)(H,42,43). The van der Waals surface area contributed by atoms with E-state index < -0.39 is 17.7 Å². The fraction of sp³-hybridized carbons (Fsp3) is 0.333. The molecule has 1 aliphatic carbocycles. The minimum absolute atomic E-state index is 0.232. The van der Waals surface area contributed by atoms with E-state index >= 15 is 0 Å². The number of carbonyl (C=O) groups excluding carboxylic acids is 1. The van der Waals surface area contributed by atoms with Crippen molar-refractivity contribution >= 4 is 39.7 Å². The first-order valence-corrected chi connectivity index (χ1v) is 15.6. The minimum Gasteiger partial charge on any atom is -0.478 e. The van der Waals surface area contributed by atoms with E-state index in [9.17, 15) is 14.7 Å². The number of carbonyl (C=O) groups is 2. The molecule has 3 aromatic carbocycles. The van der Waals surface area contributed by atoms with Crippen LogP contribution >= 0.6 is 0 Å². The summed E-state index contributed by atoms with van der Waals surface area (Å²) in [6, 6.07) is 23.8. The lowest BCUT2D eigenvalue weighted by Crippen LogP contribution is -2.35. The Bertz CT molecular complexity index is 1850. The number of carboxylic acid groups (broad SMARTS) is 1. The van der Waals surface area contributed by atoms with Crippen molar-refractivity contribution < 1.29 is 19.4 Å². The molecule has 1 saturated carbocycles. The zero-order valence-corrected chi connectivity index (χ0v) is 26.0. The van der Waals surface area contributed by atoms with Gasteiger partial charge in [-0.25, -0.2) is 19.6 Å². The molecule has 2 aromatic heterocycles. The van der Waals surface area contributed by atoms with Crippen LogP contribution in [0.25, 0.3) is 44.6 Å². The maximum absolute atomic E-state index is 12.2. The van der Waals surface area contributed by atoms with Crippen molar-refractivity contribution in [2.45, 2.75) is 64.5 Å². The van der Waals surface area contributed by atoms with Crippen molar-refractivity contribution in [1.82, 2.24) is 19.9 Å². The maximum Gasteiger partial charge on any atom is 0.407 e. The molecule has 6 rings (SSSR count). The second-order valence-electron chi connectivity index (χ2n) is 12.6. The molecule has 0 spiro atoms. The molecule has 0 atom stereocenters. The van der Waals surface area contributed by atoms with E-state index in [0.29, 0.717) is 24.6 Å². The number of aromatic carboxylic acids is 1. The molecule has 0 bridgehead atoms. The number of aromatic nitrogens is 3. The Balaban J connectivity index is 1.38. The molecule has 0 aliphatic heterocycles. The van der Waals surface area contributed by atoms with Crippen molar-refractivity contribution in [3.63, 3.8) is 0 Å². The molecule has 0 saturated heterocycles. The lowest BCUT2D eigenvalue weighted by Gasteiger charge is -2.25. The van der Waals surface area contributed by atoms with Crippen molar-refractivity contribution in [3.05, 3.63) is 78.4 Å². The van der Waals surface area contributed by atoms with Crippen molar-refractivity contribution in [1.29, 1.82) is 0 Å². The molecule has 9 heteroatoms. The number of anilines is 1. The zero-order chi connectivity index (χ0) is 31.6. The molecule has 1 amide bonds. The number of pyridine rings is 1. The molecule has 5 aromatic rings. The summed E-state index contributed by atoms with van der Waals surface area (Å²) in [6.07, 6.45) is 5.25. The fourth-order valence-electron chi connectivity index (χ4n) is 6.09. The van der Waals surface area contributed by atoms with E-state index in [1.807, 2.05) is 63.2 Å². The number of fused-ring (bicyclic) bond motifs is 2. The first kappa shape index (κ1) is 30.1. The van der Waals surface area contributed by atoms with Crippen molar-refractivity contribution in [3.8, 4) is 22.6 Å². The summed E-state index contributed by atoms with van der Waals surface area (Å²) in [5.41, 5.74) is 5.78. The van der Waals surface area contributed by atoms with Gasteiger partial charge in [0, 0.05) is 35.6 Å². The van der Waals surface area contributed by atoms with E-state index in [-0.39, 0.29) is 5.56 Å². The predicted molar refractivity (Wildman–Crippen MR) is 178 cm³/mol.